The molecule has 0 atom stereocenters. The summed E-state index contributed by atoms with van der Waals surface area (Å²) in [7, 11) is 6.47. The summed E-state index contributed by atoms with van der Waals surface area (Å²) in [5.41, 5.74) is 12.5. The summed E-state index contributed by atoms with van der Waals surface area (Å²) in [6, 6.07) is 33.5. The molecule has 166 valence electrons. The fourth-order valence-corrected chi connectivity index (χ4v) is 5.07. The molecule has 0 heterocycles. The highest BCUT2D eigenvalue weighted by Gasteiger charge is 2.19. The van der Waals surface area contributed by atoms with Gasteiger partial charge in [-0.05, 0) is 83.7 Å². The van der Waals surface area contributed by atoms with E-state index in [-0.39, 0.29) is 0 Å². The summed E-state index contributed by atoms with van der Waals surface area (Å²) < 4.78 is 0. The van der Waals surface area contributed by atoms with Crippen LogP contribution in [0.15, 0.2) is 91.0 Å². The fourth-order valence-electron chi connectivity index (χ4n) is 5.07. The first-order valence-corrected chi connectivity index (χ1v) is 11.8. The molecular weight excluding hydrogens is 400 g/mol. The Morgan fingerprint density at radius 1 is 0.576 bits per heavy atom. The number of hydrogen-bond acceptors (Lipinski definition) is 2. The van der Waals surface area contributed by atoms with E-state index in [0.29, 0.717) is 0 Å². The Morgan fingerprint density at radius 3 is 2.12 bits per heavy atom. The van der Waals surface area contributed by atoms with Gasteiger partial charge in [-0.1, -0.05) is 84.9 Å². The minimum atomic E-state index is 0.923. The molecule has 1 aliphatic rings. The number of fused-ring (bicyclic) bond motifs is 3. The van der Waals surface area contributed by atoms with Crippen LogP contribution in [0.1, 0.15) is 27.8 Å². The van der Waals surface area contributed by atoms with Crippen LogP contribution >= 0.6 is 0 Å². The highest BCUT2D eigenvalue weighted by molar-refractivity contribution is 5.77. The molecule has 4 aromatic carbocycles. The lowest BCUT2D eigenvalue weighted by Gasteiger charge is -2.20. The first-order valence-electron chi connectivity index (χ1n) is 11.8. The zero-order valence-corrected chi connectivity index (χ0v) is 19.9. The number of nitrogens with zero attached hydrogens (tertiary/aromatic N) is 2. The normalized spacial score (nSPS) is 12.3. The smallest absolute Gasteiger partial charge is 0.0240 e. The molecule has 0 aliphatic heterocycles. The Balaban J connectivity index is 1.33. The van der Waals surface area contributed by atoms with Crippen LogP contribution in [0.2, 0.25) is 0 Å². The second-order valence-corrected chi connectivity index (χ2v) is 9.59. The minimum absolute atomic E-state index is 0.923. The number of hydrogen-bond donors (Lipinski definition) is 0. The third-order valence-electron chi connectivity index (χ3n) is 6.51. The molecular formula is C31H32N2. The van der Waals surface area contributed by atoms with Crippen molar-refractivity contribution in [2.24, 2.45) is 0 Å². The SMILES string of the molecule is CN(C)Cc1ccc2c(c1)Cc1ccc(CN(C)Cc3ccccc3-c3ccccc3)cc1-2. The predicted molar refractivity (Wildman–Crippen MR) is 139 cm³/mol. The summed E-state index contributed by atoms with van der Waals surface area (Å²) in [6.45, 7) is 2.85. The highest BCUT2D eigenvalue weighted by atomic mass is 15.1. The Labute approximate surface area is 198 Å². The molecule has 0 spiro atoms. The molecule has 4 aromatic rings. The van der Waals surface area contributed by atoms with Crippen LogP contribution < -0.4 is 0 Å². The number of rotatable bonds is 7. The van der Waals surface area contributed by atoms with Crippen molar-refractivity contribution in [3.05, 3.63) is 119 Å². The van der Waals surface area contributed by atoms with E-state index in [1.54, 1.807) is 0 Å². The molecule has 0 unspecified atom stereocenters. The third kappa shape index (κ3) is 4.78. The predicted octanol–water partition coefficient (Wildman–Crippen LogP) is 6.62. The van der Waals surface area contributed by atoms with E-state index in [1.165, 1.54) is 50.1 Å². The molecule has 0 N–H and O–H groups in total. The van der Waals surface area contributed by atoms with Crippen molar-refractivity contribution in [3.63, 3.8) is 0 Å². The zero-order valence-electron chi connectivity index (χ0n) is 19.9. The first-order chi connectivity index (χ1) is 16.1. The maximum absolute atomic E-state index is 2.42. The molecule has 0 radical (unpaired) electrons. The van der Waals surface area contributed by atoms with Crippen LogP contribution in [0.3, 0.4) is 0 Å². The van der Waals surface area contributed by atoms with Gasteiger partial charge >= 0.3 is 0 Å². The molecule has 0 fully saturated rings. The lowest BCUT2D eigenvalue weighted by atomic mass is 9.99. The largest absolute Gasteiger partial charge is 0.305 e. The van der Waals surface area contributed by atoms with Crippen molar-refractivity contribution in [2.75, 3.05) is 21.1 Å². The summed E-state index contributed by atoms with van der Waals surface area (Å²) >= 11 is 0. The van der Waals surface area contributed by atoms with Gasteiger partial charge in [-0.15, -0.1) is 0 Å². The quantitative estimate of drug-likeness (QED) is 0.285. The van der Waals surface area contributed by atoms with Gasteiger partial charge in [0.1, 0.15) is 0 Å². The monoisotopic (exact) mass is 432 g/mol. The summed E-state index contributed by atoms with van der Waals surface area (Å²) in [6.07, 6.45) is 1.05. The molecule has 5 rings (SSSR count). The second kappa shape index (κ2) is 9.35. The van der Waals surface area contributed by atoms with Gasteiger partial charge < -0.3 is 4.90 Å². The second-order valence-electron chi connectivity index (χ2n) is 9.59. The van der Waals surface area contributed by atoms with E-state index in [1.807, 2.05) is 0 Å². The molecule has 0 saturated carbocycles. The molecule has 0 bridgehead atoms. The summed E-state index contributed by atoms with van der Waals surface area (Å²) in [4.78, 5) is 4.65. The maximum Gasteiger partial charge on any atom is 0.0240 e. The van der Waals surface area contributed by atoms with E-state index >= 15 is 0 Å². The zero-order chi connectivity index (χ0) is 22.8. The molecule has 0 aromatic heterocycles. The van der Waals surface area contributed by atoms with Crippen LogP contribution in [-0.2, 0) is 26.1 Å². The van der Waals surface area contributed by atoms with Gasteiger partial charge in [0, 0.05) is 19.6 Å². The minimum Gasteiger partial charge on any atom is -0.305 e. The molecule has 1 aliphatic carbocycles. The Morgan fingerprint density at radius 2 is 1.30 bits per heavy atom. The molecule has 2 heteroatoms. The van der Waals surface area contributed by atoms with E-state index in [2.05, 4.69) is 122 Å². The molecule has 0 saturated heterocycles. The highest BCUT2D eigenvalue weighted by Crippen LogP contribution is 2.38. The van der Waals surface area contributed by atoms with Crippen LogP contribution in [0.5, 0.6) is 0 Å². The standard InChI is InChI=1S/C31H32N2/c1-32(2)20-23-14-16-30-28(17-23)19-26-15-13-24(18-31(26)30)21-33(3)22-27-11-7-8-12-29(27)25-9-5-4-6-10-25/h4-18H,19-22H2,1-3H3. The van der Waals surface area contributed by atoms with Crippen LogP contribution in [0.25, 0.3) is 22.3 Å². The van der Waals surface area contributed by atoms with E-state index in [4.69, 9.17) is 0 Å². The van der Waals surface area contributed by atoms with Crippen molar-refractivity contribution in [3.8, 4) is 22.3 Å². The molecule has 0 amide bonds. The maximum atomic E-state index is 2.42. The van der Waals surface area contributed by atoms with Crippen molar-refractivity contribution < 1.29 is 0 Å². The lowest BCUT2D eigenvalue weighted by Crippen LogP contribution is -2.17. The third-order valence-corrected chi connectivity index (χ3v) is 6.51. The van der Waals surface area contributed by atoms with Gasteiger partial charge in [-0.25, -0.2) is 0 Å². The average Bonchev–Trinajstić information content (AvgIpc) is 3.16. The first kappa shape index (κ1) is 21.6. The molecule has 33 heavy (non-hydrogen) atoms. The van der Waals surface area contributed by atoms with Crippen molar-refractivity contribution in [1.82, 2.24) is 9.80 Å². The van der Waals surface area contributed by atoms with Crippen molar-refractivity contribution in [1.29, 1.82) is 0 Å². The van der Waals surface area contributed by atoms with Gasteiger partial charge in [0.05, 0.1) is 0 Å². The molecule has 2 nitrogen and oxygen atoms in total. The van der Waals surface area contributed by atoms with Crippen molar-refractivity contribution in [2.45, 2.75) is 26.1 Å². The van der Waals surface area contributed by atoms with Crippen LogP contribution in [0, 0.1) is 0 Å². The van der Waals surface area contributed by atoms with Gasteiger partial charge in [0.2, 0.25) is 0 Å². The summed E-state index contributed by atoms with van der Waals surface area (Å²) in [5.74, 6) is 0. The van der Waals surface area contributed by atoms with Crippen LogP contribution in [-0.4, -0.2) is 30.9 Å². The van der Waals surface area contributed by atoms with E-state index < -0.39 is 0 Å². The van der Waals surface area contributed by atoms with Crippen LogP contribution in [0.4, 0.5) is 0 Å². The average molecular weight is 433 g/mol. The Kier molecular flexibility index (Phi) is 6.13. The van der Waals surface area contributed by atoms with E-state index in [0.717, 1.165) is 26.1 Å². The lowest BCUT2D eigenvalue weighted by molar-refractivity contribution is 0.319. The van der Waals surface area contributed by atoms with E-state index in [9.17, 15) is 0 Å². The summed E-state index contributed by atoms with van der Waals surface area (Å²) in [5, 5.41) is 0. The van der Waals surface area contributed by atoms with Crippen molar-refractivity contribution >= 4 is 0 Å². The van der Waals surface area contributed by atoms with Gasteiger partial charge in [-0.3, -0.25) is 4.90 Å². The van der Waals surface area contributed by atoms with Gasteiger partial charge in [0.15, 0.2) is 0 Å². The number of benzene rings is 4. The fraction of sp³-hybridized carbons (Fsp3) is 0.226. The Bertz CT molecular complexity index is 1260. The van der Waals surface area contributed by atoms with Gasteiger partial charge in [0.25, 0.3) is 0 Å². The topological polar surface area (TPSA) is 6.48 Å². The Hall–Kier alpha value is -3.20. The van der Waals surface area contributed by atoms with Gasteiger partial charge in [-0.2, -0.15) is 0 Å².